The van der Waals surface area contributed by atoms with Gasteiger partial charge in [0.25, 0.3) is 0 Å². The molecule has 22 heteroatoms. The van der Waals surface area contributed by atoms with Gasteiger partial charge in [-0.25, -0.2) is 32.1 Å². The number of sulfonamides is 2. The minimum atomic E-state index is -4.06. The number of fused-ring (bicyclic) bond motifs is 2. The Morgan fingerprint density at radius 1 is 0.672 bits per heavy atom. The van der Waals surface area contributed by atoms with E-state index in [4.69, 9.17) is 10.3 Å². The maximum absolute atomic E-state index is 12.4. The van der Waals surface area contributed by atoms with Crippen LogP contribution in [0.1, 0.15) is 6.92 Å². The fourth-order valence-electron chi connectivity index (χ4n) is 5.12. The van der Waals surface area contributed by atoms with Crippen LogP contribution in [-0.2, 0) is 46.9 Å². The molecule has 0 atom stereocenters. The standard InChI is InChI=1S/C18H16N4O6S.C18H16N4O5S.Cr/c1-28-18(25)20-12-4-2-3-10-5-7-15(24)17(16(10)12)22-21-13-9-11(29(19,26)27)6-8-14(13)23;1-10(23)20-13-4-2-3-11-5-7-16(25)18(17(11)13)22-21-14-9-12(28(19,26)27)6-8-15(14)24;/h2-9,23-24H,1H3,(H,20,25)(H2,19,26,27);2-9,24-25H,1H3,(H,20,23)(H2,19,26,27);/q;;+3/p-3. The van der Waals surface area contributed by atoms with E-state index in [-0.39, 0.29) is 78.4 Å². The number of ether oxygens (including phenoxy) is 1. The van der Waals surface area contributed by atoms with Crippen molar-refractivity contribution in [3.05, 3.63) is 97.1 Å². The predicted octanol–water partition coefficient (Wildman–Crippen LogP) is 4.31. The van der Waals surface area contributed by atoms with Gasteiger partial charge in [-0.15, -0.1) is 10.2 Å². The van der Waals surface area contributed by atoms with Crippen molar-refractivity contribution in [1.82, 2.24) is 0 Å². The monoisotopic (exact) mass is 865 g/mol. The van der Waals surface area contributed by atoms with Crippen molar-refractivity contribution in [2.45, 2.75) is 16.7 Å². The number of aliphatic imine (C=N–C) groups is 1. The molecule has 0 heterocycles. The zero-order valence-electron chi connectivity index (χ0n) is 29.9. The average molecular weight is 866 g/mol. The second-order valence-corrected chi connectivity index (χ2v) is 14.8. The zero-order chi connectivity index (χ0) is 41.7. The van der Waals surface area contributed by atoms with E-state index >= 15 is 0 Å². The summed E-state index contributed by atoms with van der Waals surface area (Å²) in [4.78, 5) is 14.7. The number of anilines is 1. The Bertz CT molecular complexity index is 2870. The summed E-state index contributed by atoms with van der Waals surface area (Å²) in [5, 5.41) is 86.2. The molecular weight excluding hydrogens is 837 g/mol. The van der Waals surface area contributed by atoms with Crippen molar-refractivity contribution in [1.29, 1.82) is 0 Å². The molecule has 0 saturated heterocycles. The number of phenols is 2. The van der Waals surface area contributed by atoms with Crippen LogP contribution in [0, 0.1) is 0 Å². The Balaban J connectivity index is 0.000000252. The Labute approximate surface area is 340 Å². The third-order valence-corrected chi connectivity index (χ3v) is 9.52. The number of benzene rings is 6. The van der Waals surface area contributed by atoms with Gasteiger partial charge in [-0.05, 0) is 66.4 Å². The maximum Gasteiger partial charge on any atom is 3.00 e. The first-order chi connectivity index (χ1) is 26.9. The van der Waals surface area contributed by atoms with Crippen LogP contribution >= 0.6 is 0 Å². The Morgan fingerprint density at radius 2 is 1.21 bits per heavy atom. The number of carbonyl (C=O) groups is 1. The number of azo groups is 2. The van der Waals surface area contributed by atoms with Gasteiger partial charge < -0.3 is 35.6 Å². The van der Waals surface area contributed by atoms with E-state index in [1.807, 2.05) is 0 Å². The number of phenolic OH excluding ortho intramolecular Hbond substituents is 2. The van der Waals surface area contributed by atoms with Crippen LogP contribution < -0.4 is 30.9 Å². The maximum atomic E-state index is 12.4. The van der Waals surface area contributed by atoms with Gasteiger partial charge in [-0.2, -0.15) is 10.2 Å². The van der Waals surface area contributed by atoms with Gasteiger partial charge in [0.2, 0.25) is 26.0 Å². The summed E-state index contributed by atoms with van der Waals surface area (Å²) in [6.07, 6.45) is -0.876. The summed E-state index contributed by atoms with van der Waals surface area (Å²) in [5.74, 6) is -2.00. The average Bonchev–Trinajstić information content (AvgIpc) is 3.14. The summed E-state index contributed by atoms with van der Waals surface area (Å²) in [5.41, 5.74) is -0.0670. The molecule has 58 heavy (non-hydrogen) atoms. The quantitative estimate of drug-likeness (QED) is 0.0815. The van der Waals surface area contributed by atoms with Crippen LogP contribution in [0.25, 0.3) is 21.5 Å². The molecule has 1 amide bonds. The molecule has 0 aliphatic carbocycles. The minimum absolute atomic E-state index is 0. The molecule has 0 aliphatic rings. The van der Waals surface area contributed by atoms with Crippen LogP contribution in [-0.4, -0.2) is 46.1 Å². The van der Waals surface area contributed by atoms with Crippen molar-refractivity contribution in [2.24, 2.45) is 35.7 Å². The fourth-order valence-corrected chi connectivity index (χ4v) is 6.19. The van der Waals surface area contributed by atoms with Gasteiger partial charge in [0.15, 0.2) is 6.08 Å². The molecule has 0 saturated carbocycles. The number of carbonyl (C=O) groups excluding carboxylic acids is 1. The molecule has 6 aromatic carbocycles. The van der Waals surface area contributed by atoms with E-state index < -0.39 is 37.6 Å². The molecular formula is C36H29CrN8O11S2. The van der Waals surface area contributed by atoms with E-state index in [0.29, 0.717) is 21.8 Å². The van der Waals surface area contributed by atoms with E-state index in [9.17, 15) is 47.2 Å². The van der Waals surface area contributed by atoms with Crippen LogP contribution in [0.3, 0.4) is 0 Å². The number of primary sulfonamides is 2. The third kappa shape index (κ3) is 10.4. The SMILES string of the molecule is CC(=O)Nc1cccc2ccc(O)c(N=Nc3cc(S(N)(=O)=O)ccc3O)c12.COC([O-])=Nc1cccc2ccc([O-])c(N=Nc3cc(S(N)(=O)=O)ccc3[O-])c12.[Cr+3]. The fraction of sp³-hybridized carbons (Fsp3) is 0.0556. The van der Waals surface area contributed by atoms with Gasteiger partial charge in [0, 0.05) is 17.7 Å². The van der Waals surface area contributed by atoms with Gasteiger partial charge >= 0.3 is 17.4 Å². The van der Waals surface area contributed by atoms with Crippen molar-refractivity contribution in [3.8, 4) is 23.0 Å². The normalized spacial score (nSPS) is 12.0. The van der Waals surface area contributed by atoms with Gasteiger partial charge in [-0.1, -0.05) is 60.0 Å². The number of nitrogens with zero attached hydrogens (tertiary/aromatic N) is 5. The number of nitrogens with two attached hydrogens (primary N) is 2. The van der Waals surface area contributed by atoms with Crippen molar-refractivity contribution in [2.75, 3.05) is 12.4 Å². The summed E-state index contributed by atoms with van der Waals surface area (Å²) >= 11 is 0. The molecule has 7 N–H and O–H groups in total. The number of hydrogen-bond donors (Lipinski definition) is 5. The van der Waals surface area contributed by atoms with E-state index in [1.165, 1.54) is 31.2 Å². The molecule has 0 spiro atoms. The van der Waals surface area contributed by atoms with Gasteiger partial charge in [0.1, 0.15) is 22.9 Å². The number of methoxy groups -OCH3 is 1. The first kappa shape index (κ1) is 44.1. The number of amides is 1. The Kier molecular flexibility index (Phi) is 13.7. The predicted molar refractivity (Wildman–Crippen MR) is 203 cm³/mol. The number of hydrogen-bond acceptors (Lipinski definition) is 16. The van der Waals surface area contributed by atoms with Crippen molar-refractivity contribution >= 4 is 87.7 Å². The summed E-state index contributed by atoms with van der Waals surface area (Å²) < 4.78 is 50.4. The van der Waals surface area contributed by atoms with Crippen molar-refractivity contribution < 1.29 is 69.3 Å². The number of nitrogens with one attached hydrogen (secondary N) is 1. The molecule has 0 aromatic heterocycles. The smallest absolute Gasteiger partial charge is 0.871 e. The Hall–Kier alpha value is -6.67. The number of rotatable bonds is 8. The summed E-state index contributed by atoms with van der Waals surface area (Å²) in [6, 6.07) is 22.0. The third-order valence-electron chi connectivity index (χ3n) is 7.70. The first-order valence-electron chi connectivity index (χ1n) is 15.9. The molecule has 19 nitrogen and oxygen atoms in total. The molecule has 6 rings (SSSR count). The molecule has 0 fully saturated rings. The Morgan fingerprint density at radius 3 is 1.84 bits per heavy atom. The van der Waals surface area contributed by atoms with Crippen LogP contribution in [0.4, 0.5) is 34.1 Å². The molecule has 1 radical (unpaired) electrons. The minimum Gasteiger partial charge on any atom is -0.871 e. The van der Waals surface area contributed by atoms with Crippen LogP contribution in [0.2, 0.25) is 0 Å². The largest absolute Gasteiger partial charge is 3.00 e. The molecule has 0 aliphatic heterocycles. The van der Waals surface area contributed by atoms with Gasteiger partial charge in [0.05, 0.1) is 32.5 Å². The summed E-state index contributed by atoms with van der Waals surface area (Å²) in [6.45, 7) is 1.35. The number of aromatic hydroxyl groups is 2. The second-order valence-electron chi connectivity index (χ2n) is 11.7. The first-order valence-corrected chi connectivity index (χ1v) is 19.0. The summed E-state index contributed by atoms with van der Waals surface area (Å²) in [7, 11) is -6.90. The second kappa shape index (κ2) is 18.1. The zero-order valence-corrected chi connectivity index (χ0v) is 32.8. The van der Waals surface area contributed by atoms with E-state index in [2.05, 4.69) is 35.5 Å². The molecule has 6 aromatic rings. The molecule has 297 valence electrons. The van der Waals surface area contributed by atoms with Crippen LogP contribution in [0.5, 0.6) is 23.0 Å². The van der Waals surface area contributed by atoms with Gasteiger partial charge in [-0.3, -0.25) is 4.79 Å². The van der Waals surface area contributed by atoms with E-state index in [1.54, 1.807) is 36.4 Å². The topological polar surface area (TPSA) is 330 Å². The van der Waals surface area contributed by atoms with Crippen molar-refractivity contribution in [3.63, 3.8) is 0 Å². The molecule has 0 unspecified atom stereocenters. The van der Waals surface area contributed by atoms with E-state index in [0.717, 1.165) is 43.5 Å². The molecule has 0 bridgehead atoms. The van der Waals surface area contributed by atoms with Crippen LogP contribution in [0.15, 0.2) is 132 Å².